The maximum absolute atomic E-state index is 13.6. The molecule has 0 aliphatic heterocycles. The summed E-state index contributed by atoms with van der Waals surface area (Å²) in [5.74, 6) is -2.16. The van der Waals surface area contributed by atoms with E-state index in [1.807, 2.05) is 13.8 Å². The summed E-state index contributed by atoms with van der Waals surface area (Å²) < 4.78 is 32.2. The Labute approximate surface area is 138 Å². The summed E-state index contributed by atoms with van der Waals surface area (Å²) in [5.41, 5.74) is 0.0390. The number of nitrogens with one attached hydrogen (secondary N) is 1. The van der Waals surface area contributed by atoms with Crippen molar-refractivity contribution >= 4 is 38.9 Å². The van der Waals surface area contributed by atoms with Gasteiger partial charge in [-0.25, -0.2) is 13.8 Å². The molecule has 0 saturated heterocycles. The third-order valence-electron chi connectivity index (χ3n) is 2.78. The van der Waals surface area contributed by atoms with Crippen LogP contribution in [-0.4, -0.2) is 17.5 Å². The number of halogens is 3. The van der Waals surface area contributed by atoms with Gasteiger partial charge in [-0.3, -0.25) is 4.79 Å². The van der Waals surface area contributed by atoms with Crippen LogP contribution in [0.2, 0.25) is 0 Å². The van der Waals surface area contributed by atoms with Gasteiger partial charge in [-0.15, -0.1) is 11.3 Å². The zero-order chi connectivity index (χ0) is 16.3. The zero-order valence-corrected chi connectivity index (χ0v) is 14.2. The quantitative estimate of drug-likeness (QED) is 0.762. The van der Waals surface area contributed by atoms with Crippen LogP contribution >= 0.6 is 27.3 Å². The van der Waals surface area contributed by atoms with E-state index >= 15 is 0 Å². The first-order chi connectivity index (χ1) is 10.4. The Morgan fingerprint density at radius 3 is 2.86 bits per heavy atom. The minimum atomic E-state index is -0.854. The molecular weight excluding hydrogens is 378 g/mol. The first-order valence-corrected chi connectivity index (χ1v) is 8.12. The number of rotatable bonds is 5. The molecule has 1 aromatic carbocycles. The van der Waals surface area contributed by atoms with Gasteiger partial charge < -0.3 is 10.1 Å². The first-order valence-electron chi connectivity index (χ1n) is 6.45. The molecule has 0 spiro atoms. The number of ether oxygens (including phenoxy) is 1. The molecule has 1 unspecified atom stereocenters. The van der Waals surface area contributed by atoms with Crippen molar-refractivity contribution in [3.63, 3.8) is 0 Å². The van der Waals surface area contributed by atoms with E-state index in [0.717, 1.165) is 0 Å². The molecule has 8 heteroatoms. The van der Waals surface area contributed by atoms with E-state index < -0.39 is 17.5 Å². The fourth-order valence-electron chi connectivity index (χ4n) is 1.70. The lowest BCUT2D eigenvalue weighted by atomic mass is 10.3. The van der Waals surface area contributed by atoms with Crippen molar-refractivity contribution < 1.29 is 18.3 Å². The molecule has 1 amide bonds. The maximum atomic E-state index is 13.6. The molecule has 118 valence electrons. The van der Waals surface area contributed by atoms with Gasteiger partial charge in [0.25, 0.3) is 5.91 Å². The van der Waals surface area contributed by atoms with Crippen LogP contribution < -0.4 is 5.32 Å². The summed E-state index contributed by atoms with van der Waals surface area (Å²) >= 11 is 4.23. The highest BCUT2D eigenvalue weighted by atomic mass is 79.9. The SMILES string of the molecule is CCOC(C)c1nc(C(=O)Nc2cc(Br)c(F)cc2F)cs1. The minimum absolute atomic E-state index is 0.0631. The number of anilines is 1. The van der Waals surface area contributed by atoms with Crippen LogP contribution in [-0.2, 0) is 4.74 Å². The van der Waals surface area contributed by atoms with Crippen LogP contribution in [0.3, 0.4) is 0 Å². The van der Waals surface area contributed by atoms with Gasteiger partial charge in [-0.05, 0) is 35.8 Å². The number of carbonyl (C=O) groups is 1. The molecule has 2 rings (SSSR count). The highest BCUT2D eigenvalue weighted by Crippen LogP contribution is 2.25. The standard InChI is InChI=1S/C14H13BrF2N2O2S/c1-3-21-7(2)14-19-12(6-22-14)13(20)18-11-4-8(15)9(16)5-10(11)17/h4-7H,3H2,1-2H3,(H,18,20). The second-order valence-electron chi connectivity index (χ2n) is 4.37. The second-order valence-corrected chi connectivity index (χ2v) is 6.11. The molecule has 0 bridgehead atoms. The van der Waals surface area contributed by atoms with Gasteiger partial charge in [0.15, 0.2) is 0 Å². The molecule has 1 heterocycles. The summed E-state index contributed by atoms with van der Waals surface area (Å²) in [7, 11) is 0. The van der Waals surface area contributed by atoms with E-state index in [9.17, 15) is 13.6 Å². The lowest BCUT2D eigenvalue weighted by Crippen LogP contribution is -2.14. The lowest BCUT2D eigenvalue weighted by Gasteiger charge is -2.07. The van der Waals surface area contributed by atoms with E-state index in [1.54, 1.807) is 5.38 Å². The van der Waals surface area contributed by atoms with Crippen LogP contribution in [0.15, 0.2) is 22.0 Å². The monoisotopic (exact) mass is 390 g/mol. The lowest BCUT2D eigenvalue weighted by molar-refractivity contribution is 0.0760. The van der Waals surface area contributed by atoms with Crippen molar-refractivity contribution in [3.8, 4) is 0 Å². The predicted molar refractivity (Wildman–Crippen MR) is 84.2 cm³/mol. The van der Waals surface area contributed by atoms with Gasteiger partial charge in [-0.2, -0.15) is 0 Å². The summed E-state index contributed by atoms with van der Waals surface area (Å²) in [6.07, 6.45) is -0.215. The third kappa shape index (κ3) is 3.88. The molecule has 1 N–H and O–H groups in total. The largest absolute Gasteiger partial charge is 0.372 e. The molecule has 0 saturated carbocycles. The van der Waals surface area contributed by atoms with E-state index in [4.69, 9.17) is 4.74 Å². The Morgan fingerprint density at radius 1 is 1.45 bits per heavy atom. The molecule has 4 nitrogen and oxygen atoms in total. The van der Waals surface area contributed by atoms with Crippen molar-refractivity contribution in [1.29, 1.82) is 0 Å². The van der Waals surface area contributed by atoms with Crippen molar-refractivity contribution in [2.45, 2.75) is 20.0 Å². The molecule has 2 aromatic rings. The molecule has 22 heavy (non-hydrogen) atoms. The Bertz CT molecular complexity index is 693. The first kappa shape index (κ1) is 17.0. The van der Waals surface area contributed by atoms with E-state index in [2.05, 4.69) is 26.2 Å². The van der Waals surface area contributed by atoms with Crippen molar-refractivity contribution in [2.24, 2.45) is 0 Å². The average Bonchev–Trinajstić information content (AvgIpc) is 2.95. The van der Waals surface area contributed by atoms with E-state index in [-0.39, 0.29) is 22.0 Å². The van der Waals surface area contributed by atoms with Gasteiger partial charge in [0.05, 0.1) is 10.2 Å². The van der Waals surface area contributed by atoms with Crippen LogP contribution in [0.4, 0.5) is 14.5 Å². The van der Waals surface area contributed by atoms with E-state index in [0.29, 0.717) is 17.7 Å². The van der Waals surface area contributed by atoms with Crippen molar-refractivity contribution in [3.05, 3.63) is 44.3 Å². The summed E-state index contributed by atoms with van der Waals surface area (Å²) in [6.45, 7) is 4.24. The van der Waals surface area contributed by atoms with Gasteiger partial charge in [-0.1, -0.05) is 0 Å². The van der Waals surface area contributed by atoms with Crippen molar-refractivity contribution in [1.82, 2.24) is 4.98 Å². The zero-order valence-electron chi connectivity index (χ0n) is 11.8. The Morgan fingerprint density at radius 2 is 2.18 bits per heavy atom. The predicted octanol–water partition coefficient (Wildman–Crippen LogP) is 4.53. The topological polar surface area (TPSA) is 51.2 Å². The van der Waals surface area contributed by atoms with Gasteiger partial charge in [0.2, 0.25) is 0 Å². The molecular formula is C14H13BrF2N2O2S. The van der Waals surface area contributed by atoms with Crippen molar-refractivity contribution in [2.75, 3.05) is 11.9 Å². The number of amides is 1. The minimum Gasteiger partial charge on any atom is -0.372 e. The summed E-state index contributed by atoms with van der Waals surface area (Å²) in [6, 6.07) is 1.86. The van der Waals surface area contributed by atoms with Gasteiger partial charge in [0, 0.05) is 18.1 Å². The smallest absolute Gasteiger partial charge is 0.275 e. The third-order valence-corrected chi connectivity index (χ3v) is 4.39. The van der Waals surface area contributed by atoms with Crippen LogP contribution in [0.1, 0.15) is 35.4 Å². The summed E-state index contributed by atoms with van der Waals surface area (Å²) in [4.78, 5) is 16.2. The summed E-state index contributed by atoms with van der Waals surface area (Å²) in [5, 5.41) is 4.60. The molecule has 0 radical (unpaired) electrons. The van der Waals surface area contributed by atoms with Crippen LogP contribution in [0.25, 0.3) is 0 Å². The number of nitrogens with zero attached hydrogens (tertiary/aromatic N) is 1. The highest BCUT2D eigenvalue weighted by molar-refractivity contribution is 9.10. The van der Waals surface area contributed by atoms with Gasteiger partial charge in [0.1, 0.15) is 28.4 Å². The number of thiazole rings is 1. The fourth-order valence-corrected chi connectivity index (χ4v) is 2.85. The normalized spacial score (nSPS) is 12.2. The average molecular weight is 391 g/mol. The fraction of sp³-hybridized carbons (Fsp3) is 0.286. The Balaban J connectivity index is 2.14. The molecule has 0 fully saturated rings. The number of aromatic nitrogens is 1. The second kappa shape index (κ2) is 7.26. The number of hydrogen-bond acceptors (Lipinski definition) is 4. The Hall–Kier alpha value is -1.38. The number of benzene rings is 1. The van der Waals surface area contributed by atoms with Crippen LogP contribution in [0, 0.1) is 11.6 Å². The van der Waals surface area contributed by atoms with Crippen LogP contribution in [0.5, 0.6) is 0 Å². The number of carbonyl (C=O) groups excluding carboxylic acids is 1. The maximum Gasteiger partial charge on any atom is 0.275 e. The molecule has 0 aliphatic rings. The highest BCUT2D eigenvalue weighted by Gasteiger charge is 2.17. The Kier molecular flexibility index (Phi) is 5.60. The molecule has 1 aromatic heterocycles. The van der Waals surface area contributed by atoms with E-state index in [1.165, 1.54) is 17.4 Å². The molecule has 1 atom stereocenters. The molecule has 0 aliphatic carbocycles. The van der Waals surface area contributed by atoms with Gasteiger partial charge >= 0.3 is 0 Å². The number of hydrogen-bond donors (Lipinski definition) is 1.